The summed E-state index contributed by atoms with van der Waals surface area (Å²) in [4.78, 5) is 14.7. The summed E-state index contributed by atoms with van der Waals surface area (Å²) < 4.78 is 0. The first-order valence-corrected chi connectivity index (χ1v) is 8.66. The summed E-state index contributed by atoms with van der Waals surface area (Å²) in [5.74, 6) is -0.113. The lowest BCUT2D eigenvalue weighted by Gasteiger charge is -2.29. The summed E-state index contributed by atoms with van der Waals surface area (Å²) in [5.41, 5.74) is 1.91. The molecular formula is C19H30N2O2. The van der Waals surface area contributed by atoms with E-state index in [2.05, 4.69) is 31.0 Å². The van der Waals surface area contributed by atoms with E-state index in [1.165, 1.54) is 24.9 Å². The van der Waals surface area contributed by atoms with Crippen molar-refractivity contribution >= 4 is 11.6 Å². The van der Waals surface area contributed by atoms with Crippen LogP contribution < -0.4 is 10.2 Å². The molecule has 128 valence electrons. The van der Waals surface area contributed by atoms with Crippen LogP contribution >= 0.6 is 0 Å². The molecule has 4 heteroatoms. The summed E-state index contributed by atoms with van der Waals surface area (Å²) in [6, 6.07) is 7.61. The molecule has 1 aliphatic heterocycles. The number of carbonyl (C=O) groups is 1. The van der Waals surface area contributed by atoms with Gasteiger partial charge < -0.3 is 15.3 Å². The van der Waals surface area contributed by atoms with Crippen molar-refractivity contribution in [1.82, 2.24) is 5.32 Å². The van der Waals surface area contributed by atoms with Gasteiger partial charge in [-0.2, -0.15) is 0 Å². The van der Waals surface area contributed by atoms with E-state index in [-0.39, 0.29) is 24.0 Å². The number of hydrogen-bond acceptors (Lipinski definition) is 3. The average molecular weight is 318 g/mol. The smallest absolute Gasteiger partial charge is 0.251 e. The molecule has 1 aromatic carbocycles. The van der Waals surface area contributed by atoms with Crippen LogP contribution in [0.15, 0.2) is 24.3 Å². The summed E-state index contributed by atoms with van der Waals surface area (Å²) in [5, 5.41) is 12.4. The number of benzene rings is 1. The Morgan fingerprint density at radius 2 is 1.78 bits per heavy atom. The van der Waals surface area contributed by atoms with Gasteiger partial charge in [0.1, 0.15) is 0 Å². The van der Waals surface area contributed by atoms with Gasteiger partial charge in [0.2, 0.25) is 0 Å². The van der Waals surface area contributed by atoms with Gasteiger partial charge in [0.15, 0.2) is 0 Å². The molecule has 0 bridgehead atoms. The number of rotatable bonds is 5. The summed E-state index contributed by atoms with van der Waals surface area (Å²) in [7, 11) is 0. The van der Waals surface area contributed by atoms with Crippen molar-refractivity contribution in [3.05, 3.63) is 29.8 Å². The summed E-state index contributed by atoms with van der Waals surface area (Å²) in [6.07, 6.45) is 4.55. The van der Waals surface area contributed by atoms with E-state index < -0.39 is 0 Å². The Balaban J connectivity index is 1.96. The van der Waals surface area contributed by atoms with Crippen LogP contribution in [0.25, 0.3) is 0 Å². The van der Waals surface area contributed by atoms with Crippen LogP contribution in [0.4, 0.5) is 5.69 Å². The molecule has 1 fully saturated rings. The zero-order valence-corrected chi connectivity index (χ0v) is 14.6. The maximum Gasteiger partial charge on any atom is 0.251 e. The van der Waals surface area contributed by atoms with Gasteiger partial charge in [-0.25, -0.2) is 0 Å². The van der Waals surface area contributed by atoms with Crippen molar-refractivity contribution in [3.63, 3.8) is 0 Å². The fraction of sp³-hybridized carbons (Fsp3) is 0.632. The highest BCUT2D eigenvalue weighted by molar-refractivity contribution is 5.94. The summed E-state index contributed by atoms with van der Waals surface area (Å²) >= 11 is 0. The zero-order chi connectivity index (χ0) is 16.9. The van der Waals surface area contributed by atoms with Crippen LogP contribution in [0.5, 0.6) is 0 Å². The fourth-order valence-corrected chi connectivity index (χ4v) is 3.14. The van der Waals surface area contributed by atoms with E-state index in [1.54, 1.807) is 0 Å². The third-order valence-electron chi connectivity index (χ3n) is 4.27. The maximum absolute atomic E-state index is 12.4. The van der Waals surface area contributed by atoms with Crippen molar-refractivity contribution < 1.29 is 9.90 Å². The lowest BCUT2D eigenvalue weighted by Crippen LogP contribution is -2.40. The standard InChI is InChI=1S/C19H30N2O2/c1-19(2,3)13-16(14-22)20-18(23)15-7-9-17(10-8-15)21-11-5-4-6-12-21/h7-10,16,22H,4-6,11-14H2,1-3H3,(H,20,23). The van der Waals surface area contributed by atoms with E-state index in [0.29, 0.717) is 5.56 Å². The molecule has 0 aliphatic carbocycles. The van der Waals surface area contributed by atoms with Gasteiger partial charge in [-0.05, 0) is 55.4 Å². The Morgan fingerprint density at radius 3 is 2.30 bits per heavy atom. The van der Waals surface area contributed by atoms with Crippen LogP contribution in [0.3, 0.4) is 0 Å². The molecule has 1 saturated heterocycles. The Labute approximate surface area is 139 Å². The van der Waals surface area contributed by atoms with Crippen LogP contribution in [-0.4, -0.2) is 36.8 Å². The number of aliphatic hydroxyl groups is 1. The van der Waals surface area contributed by atoms with Crippen molar-refractivity contribution in [1.29, 1.82) is 0 Å². The highest BCUT2D eigenvalue weighted by Gasteiger charge is 2.20. The number of nitrogens with zero attached hydrogens (tertiary/aromatic N) is 1. The monoisotopic (exact) mass is 318 g/mol. The molecule has 0 radical (unpaired) electrons. The lowest BCUT2D eigenvalue weighted by atomic mass is 9.88. The first-order valence-electron chi connectivity index (χ1n) is 8.66. The van der Waals surface area contributed by atoms with E-state index in [9.17, 15) is 9.90 Å². The molecular weight excluding hydrogens is 288 g/mol. The number of piperidine rings is 1. The van der Waals surface area contributed by atoms with Gasteiger partial charge in [0.05, 0.1) is 12.6 Å². The molecule has 2 N–H and O–H groups in total. The third kappa shape index (κ3) is 5.54. The number of nitrogens with one attached hydrogen (secondary N) is 1. The SMILES string of the molecule is CC(C)(C)CC(CO)NC(=O)c1ccc(N2CCCCC2)cc1. The second-order valence-corrected chi connectivity index (χ2v) is 7.71. The van der Waals surface area contributed by atoms with Crippen LogP contribution in [0.1, 0.15) is 56.8 Å². The molecule has 1 aliphatic rings. The topological polar surface area (TPSA) is 52.6 Å². The number of aliphatic hydroxyl groups excluding tert-OH is 1. The second-order valence-electron chi connectivity index (χ2n) is 7.71. The molecule has 1 amide bonds. The second kappa shape index (κ2) is 7.82. The predicted octanol–water partition coefficient (Wildman–Crippen LogP) is 3.20. The molecule has 1 unspecified atom stereocenters. The first-order chi connectivity index (χ1) is 10.9. The minimum absolute atomic E-state index is 0.0329. The van der Waals surface area contributed by atoms with Crippen LogP contribution in [0.2, 0.25) is 0 Å². The largest absolute Gasteiger partial charge is 0.394 e. The third-order valence-corrected chi connectivity index (χ3v) is 4.27. The lowest BCUT2D eigenvalue weighted by molar-refractivity contribution is 0.0897. The average Bonchev–Trinajstić information content (AvgIpc) is 2.54. The Hall–Kier alpha value is -1.55. The Bertz CT molecular complexity index is 499. The molecule has 23 heavy (non-hydrogen) atoms. The van der Waals surface area contributed by atoms with Crippen LogP contribution in [-0.2, 0) is 0 Å². The molecule has 2 rings (SSSR count). The minimum atomic E-state index is -0.204. The maximum atomic E-state index is 12.4. The van der Waals surface area contributed by atoms with Gasteiger partial charge in [0.25, 0.3) is 5.91 Å². The van der Waals surface area contributed by atoms with E-state index in [0.717, 1.165) is 19.5 Å². The zero-order valence-electron chi connectivity index (χ0n) is 14.6. The van der Waals surface area contributed by atoms with Gasteiger partial charge in [-0.3, -0.25) is 4.79 Å². The molecule has 0 aromatic heterocycles. The molecule has 4 nitrogen and oxygen atoms in total. The van der Waals surface area contributed by atoms with Crippen molar-refractivity contribution in [3.8, 4) is 0 Å². The predicted molar refractivity (Wildman–Crippen MR) is 94.9 cm³/mol. The highest BCUT2D eigenvalue weighted by Crippen LogP contribution is 2.22. The fourth-order valence-electron chi connectivity index (χ4n) is 3.14. The van der Waals surface area contributed by atoms with Gasteiger partial charge in [-0.1, -0.05) is 20.8 Å². The quantitative estimate of drug-likeness (QED) is 0.876. The van der Waals surface area contributed by atoms with Crippen LogP contribution in [0, 0.1) is 5.41 Å². The van der Waals surface area contributed by atoms with Gasteiger partial charge >= 0.3 is 0 Å². The Kier molecular flexibility index (Phi) is 6.05. The Morgan fingerprint density at radius 1 is 1.17 bits per heavy atom. The molecule has 0 saturated carbocycles. The molecule has 1 heterocycles. The van der Waals surface area contributed by atoms with Crippen molar-refractivity contribution in [2.45, 2.75) is 52.5 Å². The van der Waals surface area contributed by atoms with E-state index in [1.807, 2.05) is 24.3 Å². The normalized spacial score (nSPS) is 17.0. The van der Waals surface area contributed by atoms with E-state index >= 15 is 0 Å². The van der Waals surface area contributed by atoms with Crippen molar-refractivity contribution in [2.75, 3.05) is 24.6 Å². The molecule has 0 spiro atoms. The highest BCUT2D eigenvalue weighted by atomic mass is 16.3. The van der Waals surface area contributed by atoms with Gasteiger partial charge in [-0.15, -0.1) is 0 Å². The number of hydrogen-bond donors (Lipinski definition) is 2. The van der Waals surface area contributed by atoms with Gasteiger partial charge in [0, 0.05) is 24.3 Å². The van der Waals surface area contributed by atoms with Crippen molar-refractivity contribution in [2.24, 2.45) is 5.41 Å². The minimum Gasteiger partial charge on any atom is -0.394 e. The molecule has 1 aromatic rings. The number of amides is 1. The molecule has 1 atom stereocenters. The summed E-state index contributed by atoms with van der Waals surface area (Å²) in [6.45, 7) is 8.49. The number of carbonyl (C=O) groups excluding carboxylic acids is 1. The number of anilines is 1. The first kappa shape index (κ1) is 17.8. The van der Waals surface area contributed by atoms with E-state index in [4.69, 9.17) is 0 Å².